The van der Waals surface area contributed by atoms with Gasteiger partial charge in [-0.25, -0.2) is 0 Å². The molecule has 5 rings (SSSR count). The monoisotopic (exact) mass is 595 g/mol. The quantitative estimate of drug-likeness (QED) is 0.296. The molecular weight excluding hydrogens is 574 g/mol. The minimum atomic E-state index is 0. The normalized spacial score (nSPS) is 15.3. The fourth-order valence-electron chi connectivity index (χ4n) is 3.63. The van der Waals surface area contributed by atoms with E-state index >= 15 is 0 Å². The van der Waals surface area contributed by atoms with Gasteiger partial charge in [-0.1, -0.05) is 48.2 Å². The minimum Gasteiger partial charge on any atom is -0.376 e. The van der Waals surface area contributed by atoms with E-state index in [-0.39, 0.29) is 31.1 Å². The van der Waals surface area contributed by atoms with E-state index in [4.69, 9.17) is 0 Å². The van der Waals surface area contributed by atoms with Crippen LogP contribution in [0.25, 0.3) is 16.3 Å². The first-order chi connectivity index (χ1) is 12.9. The Morgan fingerprint density at radius 2 is 1.67 bits per heavy atom. The summed E-state index contributed by atoms with van der Waals surface area (Å²) in [5.74, 6) is 2.79. The summed E-state index contributed by atoms with van der Waals surface area (Å²) in [6.45, 7) is 0. The molecule has 27 heavy (non-hydrogen) atoms. The zero-order chi connectivity index (χ0) is 17.8. The summed E-state index contributed by atoms with van der Waals surface area (Å²) in [5, 5.41) is 2.69. The molecule has 0 spiro atoms. The Kier molecular flexibility index (Phi) is 7.42. The van der Waals surface area contributed by atoms with Crippen LogP contribution in [0.15, 0.2) is 71.6 Å². The first kappa shape index (κ1) is 20.5. The van der Waals surface area contributed by atoms with Crippen LogP contribution in [-0.2, 0) is 22.1 Å². The number of hydrogen-bond acceptors (Lipinski definition) is 1. The van der Waals surface area contributed by atoms with Crippen molar-refractivity contribution < 1.29 is 35.9 Å². The van der Waals surface area contributed by atoms with Gasteiger partial charge < -0.3 is 4.79 Å². The Morgan fingerprint density at radius 3 is 2.48 bits per heavy atom. The fraction of sp³-hybridized carbons (Fsp3) is 0.208. The second-order valence-corrected chi connectivity index (χ2v) is 8.82. The molecule has 0 saturated carbocycles. The summed E-state index contributed by atoms with van der Waals surface area (Å²) in [4.78, 5) is 11.9. The number of fused-ring (bicyclic) bond motifs is 2. The van der Waals surface area contributed by atoms with E-state index < -0.39 is 0 Å². The molecule has 0 unspecified atom stereocenters. The number of benzene rings is 3. The van der Waals surface area contributed by atoms with Gasteiger partial charge in [0, 0.05) is 10.9 Å². The molecule has 132 valence electrons. The topological polar surface area (TPSA) is 17.1 Å². The zero-order valence-corrected chi connectivity index (χ0v) is 20.2. The van der Waals surface area contributed by atoms with Gasteiger partial charge in [0.2, 0.25) is 0 Å². The van der Waals surface area contributed by atoms with Gasteiger partial charge in [-0.15, -0.1) is 52.4 Å². The Morgan fingerprint density at radius 1 is 0.926 bits per heavy atom. The molecule has 3 heteroatoms. The van der Waals surface area contributed by atoms with Crippen LogP contribution in [0, 0.1) is 37.2 Å². The van der Waals surface area contributed by atoms with Gasteiger partial charge >= 0.3 is 31.1 Å². The number of hydrogen-bond donors (Lipinski definition) is 0. The smallest absolute Gasteiger partial charge is 0.376 e. The van der Waals surface area contributed by atoms with E-state index in [1.165, 1.54) is 40.7 Å². The van der Waals surface area contributed by atoms with Crippen LogP contribution in [0.2, 0.25) is 0 Å². The van der Waals surface area contributed by atoms with Gasteiger partial charge in [0.1, 0.15) is 11.5 Å². The van der Waals surface area contributed by atoms with Crippen molar-refractivity contribution >= 4 is 33.5 Å². The summed E-state index contributed by atoms with van der Waals surface area (Å²) in [6, 6.07) is 24.2. The van der Waals surface area contributed by atoms with Crippen molar-refractivity contribution in [3.05, 3.63) is 83.9 Å². The standard InChI is InChI=1S/C14H14S.C10H7O.U/c1-2-8-13-12(6-1)7-5-9-14(13)15-10-3-4-11-15;11-7-9-6-5-8-3-1-2-4-10(8)9;/h1-2,5-6,8-9H,3-4,10-11H2;1-4,6H,5H2;/q;-1;+2. The first-order valence-electron chi connectivity index (χ1n) is 9.10. The van der Waals surface area contributed by atoms with Crippen LogP contribution in [-0.4, -0.2) is 17.8 Å². The van der Waals surface area contributed by atoms with Crippen molar-refractivity contribution in [3.63, 3.8) is 0 Å². The third kappa shape index (κ3) is 4.60. The minimum absolute atomic E-state index is 0. The van der Waals surface area contributed by atoms with Crippen LogP contribution in [0.3, 0.4) is 0 Å². The van der Waals surface area contributed by atoms with Gasteiger partial charge in [0.15, 0.2) is 0 Å². The average molecular weight is 596 g/mol. The average Bonchev–Trinajstić information content (AvgIpc) is 3.38. The predicted molar refractivity (Wildman–Crippen MR) is 111 cm³/mol. The SMILES string of the molecule is O=[C-]C1=CCc2ccccc21.[U+2].[c-]1ccc([S+]2CCCC2)c2ccccc12. The Bertz CT molecular complexity index is 952. The van der Waals surface area contributed by atoms with Gasteiger partial charge in [-0.05, 0) is 12.8 Å². The summed E-state index contributed by atoms with van der Waals surface area (Å²) in [5.41, 5.74) is 2.98. The van der Waals surface area contributed by atoms with Crippen LogP contribution in [0.4, 0.5) is 0 Å². The molecule has 0 amide bonds. The molecule has 1 saturated heterocycles. The number of rotatable bonds is 2. The van der Waals surface area contributed by atoms with Crippen LogP contribution < -0.4 is 0 Å². The molecule has 0 bridgehead atoms. The third-order valence-electron chi connectivity index (χ3n) is 4.95. The van der Waals surface area contributed by atoms with E-state index in [0.717, 1.165) is 12.0 Å². The zero-order valence-electron chi connectivity index (χ0n) is 15.2. The Hall–Kier alpha value is -1.27. The van der Waals surface area contributed by atoms with Crippen LogP contribution >= 0.6 is 0 Å². The fourth-order valence-corrected chi connectivity index (χ4v) is 6.13. The molecule has 1 heterocycles. The molecule has 1 nitrogen and oxygen atoms in total. The molecule has 2 aliphatic rings. The Balaban J connectivity index is 0.000000157. The molecule has 3 aromatic rings. The Labute approximate surface area is 188 Å². The van der Waals surface area contributed by atoms with Crippen molar-refractivity contribution in [1.82, 2.24) is 0 Å². The molecule has 0 N–H and O–H groups in total. The van der Waals surface area contributed by atoms with E-state index in [9.17, 15) is 4.79 Å². The predicted octanol–water partition coefficient (Wildman–Crippen LogP) is 5.15. The molecule has 1 aliphatic carbocycles. The van der Waals surface area contributed by atoms with E-state index in [0.29, 0.717) is 16.5 Å². The molecule has 0 aromatic heterocycles. The maximum Gasteiger partial charge on any atom is 2.00 e. The third-order valence-corrected chi connectivity index (χ3v) is 7.49. The molecular formula is C24H21OSU+. The summed E-state index contributed by atoms with van der Waals surface area (Å²) in [7, 11) is 0.515. The molecule has 1 fully saturated rings. The number of allylic oxidation sites excluding steroid dienone is 2. The van der Waals surface area contributed by atoms with Crippen molar-refractivity contribution in [1.29, 1.82) is 0 Å². The van der Waals surface area contributed by atoms with Crippen molar-refractivity contribution in [2.45, 2.75) is 24.2 Å². The van der Waals surface area contributed by atoms with Gasteiger partial charge in [-0.2, -0.15) is 6.08 Å². The molecule has 3 aromatic carbocycles. The van der Waals surface area contributed by atoms with Crippen LogP contribution in [0.5, 0.6) is 0 Å². The van der Waals surface area contributed by atoms with Crippen LogP contribution in [0.1, 0.15) is 24.0 Å². The van der Waals surface area contributed by atoms with Crippen molar-refractivity contribution in [3.8, 4) is 0 Å². The summed E-state index contributed by atoms with van der Waals surface area (Å²) >= 11 is 0. The number of carbonyl (C=O) groups excluding carboxylic acids is 1. The van der Waals surface area contributed by atoms with E-state index in [1.54, 1.807) is 4.90 Å². The van der Waals surface area contributed by atoms with Crippen molar-refractivity contribution in [2.75, 3.05) is 11.5 Å². The first-order valence-corrected chi connectivity index (χ1v) is 10.7. The largest absolute Gasteiger partial charge is 2.00 e. The summed E-state index contributed by atoms with van der Waals surface area (Å²) < 4.78 is 0. The van der Waals surface area contributed by atoms with Gasteiger partial charge in [-0.3, -0.25) is 0 Å². The van der Waals surface area contributed by atoms with Crippen molar-refractivity contribution in [2.24, 2.45) is 0 Å². The molecule has 1 aliphatic heterocycles. The van der Waals surface area contributed by atoms with E-state index in [2.05, 4.69) is 42.5 Å². The summed E-state index contributed by atoms with van der Waals surface area (Å²) in [6.07, 6.45) is 7.55. The molecule has 0 radical (unpaired) electrons. The molecule has 0 atom stereocenters. The van der Waals surface area contributed by atoms with Gasteiger partial charge in [0.25, 0.3) is 0 Å². The maximum atomic E-state index is 10.4. The van der Waals surface area contributed by atoms with Gasteiger partial charge in [0.05, 0.1) is 11.2 Å². The van der Waals surface area contributed by atoms with E-state index in [1.807, 2.05) is 36.6 Å². The second-order valence-electron chi connectivity index (χ2n) is 6.58. The maximum absolute atomic E-state index is 10.4. The second kappa shape index (κ2) is 9.78.